The van der Waals surface area contributed by atoms with Gasteiger partial charge in [-0.1, -0.05) is 12.1 Å². The zero-order chi connectivity index (χ0) is 15.2. The van der Waals surface area contributed by atoms with Crippen LogP contribution in [0.4, 0.5) is 5.69 Å². The number of nitrogens with zero attached hydrogens (tertiary/aromatic N) is 2. The fourth-order valence-electron chi connectivity index (χ4n) is 2.21. The Morgan fingerprint density at radius 2 is 2.19 bits per heavy atom. The summed E-state index contributed by atoms with van der Waals surface area (Å²) in [5.74, 6) is -0.209. The monoisotopic (exact) mass is 287 g/mol. The van der Waals surface area contributed by atoms with Crippen LogP contribution in [0, 0.1) is 6.92 Å². The Kier molecular flexibility index (Phi) is 4.98. The molecule has 21 heavy (non-hydrogen) atoms. The van der Waals surface area contributed by atoms with Crippen LogP contribution in [0.3, 0.4) is 0 Å². The van der Waals surface area contributed by atoms with Gasteiger partial charge in [0, 0.05) is 18.7 Å². The molecule has 2 aromatic rings. The topological polar surface area (TPSA) is 70.1 Å². The Morgan fingerprint density at radius 1 is 1.38 bits per heavy atom. The van der Waals surface area contributed by atoms with Crippen LogP contribution in [0.2, 0.25) is 0 Å². The van der Waals surface area contributed by atoms with Crippen LogP contribution in [0.25, 0.3) is 0 Å². The molecule has 0 saturated heterocycles. The van der Waals surface area contributed by atoms with Crippen molar-refractivity contribution in [3.8, 4) is 0 Å². The Hall–Kier alpha value is -2.30. The van der Waals surface area contributed by atoms with E-state index in [0.29, 0.717) is 18.5 Å². The molecule has 0 unspecified atom stereocenters. The largest absolute Gasteiger partial charge is 0.459 e. The summed E-state index contributed by atoms with van der Waals surface area (Å²) in [6.45, 7) is 4.98. The minimum absolute atomic E-state index is 0.209. The van der Waals surface area contributed by atoms with Gasteiger partial charge < -0.3 is 10.5 Å². The zero-order valence-corrected chi connectivity index (χ0v) is 12.5. The van der Waals surface area contributed by atoms with Gasteiger partial charge in [-0.15, -0.1) is 0 Å². The van der Waals surface area contributed by atoms with Gasteiger partial charge in [-0.25, -0.2) is 0 Å². The Morgan fingerprint density at radius 3 is 2.90 bits per heavy atom. The maximum atomic E-state index is 11.8. The van der Waals surface area contributed by atoms with E-state index < -0.39 is 0 Å². The molecule has 5 nitrogen and oxygen atoms in total. The molecular formula is C16H21N3O2. The van der Waals surface area contributed by atoms with E-state index in [4.69, 9.17) is 10.5 Å². The molecule has 1 aromatic heterocycles. The van der Waals surface area contributed by atoms with Crippen LogP contribution in [0.15, 0.2) is 30.3 Å². The van der Waals surface area contributed by atoms with Crippen molar-refractivity contribution in [3.63, 3.8) is 0 Å². The highest BCUT2D eigenvalue weighted by Crippen LogP contribution is 2.10. The average molecular weight is 287 g/mol. The van der Waals surface area contributed by atoms with Crippen molar-refractivity contribution >= 4 is 11.7 Å². The lowest BCUT2D eigenvalue weighted by Gasteiger charge is -2.07. The van der Waals surface area contributed by atoms with E-state index in [-0.39, 0.29) is 12.6 Å². The van der Waals surface area contributed by atoms with Gasteiger partial charge in [0.1, 0.15) is 6.61 Å². The van der Waals surface area contributed by atoms with Gasteiger partial charge in [0.05, 0.1) is 11.4 Å². The third-order valence-electron chi connectivity index (χ3n) is 3.23. The second kappa shape index (κ2) is 6.92. The summed E-state index contributed by atoms with van der Waals surface area (Å²) >= 11 is 0. The van der Waals surface area contributed by atoms with E-state index in [1.165, 1.54) is 0 Å². The van der Waals surface area contributed by atoms with Crippen LogP contribution in [0.1, 0.15) is 30.3 Å². The summed E-state index contributed by atoms with van der Waals surface area (Å²) in [5.41, 5.74) is 9.32. The van der Waals surface area contributed by atoms with Crippen molar-refractivity contribution in [3.05, 3.63) is 47.3 Å². The van der Waals surface area contributed by atoms with Crippen molar-refractivity contribution < 1.29 is 9.53 Å². The van der Waals surface area contributed by atoms with Crippen LogP contribution in [-0.2, 0) is 29.1 Å². The summed E-state index contributed by atoms with van der Waals surface area (Å²) < 4.78 is 7.15. The second-order valence-electron chi connectivity index (χ2n) is 5.00. The fraction of sp³-hybridized carbons (Fsp3) is 0.375. The average Bonchev–Trinajstić information content (AvgIpc) is 2.83. The van der Waals surface area contributed by atoms with E-state index in [0.717, 1.165) is 23.5 Å². The molecule has 1 aromatic carbocycles. The molecule has 0 bridgehead atoms. The number of aromatic nitrogens is 2. The van der Waals surface area contributed by atoms with Crippen molar-refractivity contribution in [1.82, 2.24) is 9.78 Å². The number of nitrogens with two attached hydrogens (primary N) is 1. The first-order valence-corrected chi connectivity index (χ1v) is 7.12. The van der Waals surface area contributed by atoms with E-state index in [1.54, 1.807) is 0 Å². The zero-order valence-electron chi connectivity index (χ0n) is 12.5. The third-order valence-corrected chi connectivity index (χ3v) is 3.23. The van der Waals surface area contributed by atoms with E-state index >= 15 is 0 Å². The number of hydrogen-bond donors (Lipinski definition) is 1. The lowest BCUT2D eigenvalue weighted by atomic mass is 10.1. The number of carbonyl (C=O) groups is 1. The molecule has 0 atom stereocenters. The number of esters is 1. The molecule has 112 valence electrons. The number of hydrogen-bond acceptors (Lipinski definition) is 4. The van der Waals surface area contributed by atoms with Gasteiger partial charge in [0.15, 0.2) is 0 Å². The van der Waals surface area contributed by atoms with Crippen LogP contribution >= 0.6 is 0 Å². The maximum Gasteiger partial charge on any atom is 0.306 e. The summed E-state index contributed by atoms with van der Waals surface area (Å²) in [4.78, 5) is 11.8. The molecular weight excluding hydrogens is 266 g/mol. The summed E-state index contributed by atoms with van der Waals surface area (Å²) in [7, 11) is 0. The molecule has 0 aliphatic rings. The Labute approximate surface area is 124 Å². The first kappa shape index (κ1) is 15.1. The van der Waals surface area contributed by atoms with Gasteiger partial charge in [0.2, 0.25) is 0 Å². The number of anilines is 1. The summed E-state index contributed by atoms with van der Waals surface area (Å²) in [5, 5.41) is 4.32. The summed E-state index contributed by atoms with van der Waals surface area (Å²) in [6, 6.07) is 9.49. The highest BCUT2D eigenvalue weighted by Gasteiger charge is 2.08. The lowest BCUT2D eigenvalue weighted by Crippen LogP contribution is -2.09. The number of rotatable bonds is 6. The number of aryl methyl sites for hydroxylation is 3. The molecule has 0 saturated carbocycles. The van der Waals surface area contributed by atoms with E-state index in [1.807, 2.05) is 48.9 Å². The van der Waals surface area contributed by atoms with Gasteiger partial charge >= 0.3 is 5.97 Å². The Balaban J connectivity index is 1.82. The molecule has 0 radical (unpaired) electrons. The van der Waals surface area contributed by atoms with E-state index in [2.05, 4.69) is 5.10 Å². The molecule has 0 fully saturated rings. The minimum atomic E-state index is -0.209. The molecule has 1 heterocycles. The number of ether oxygens (including phenoxy) is 1. The third kappa shape index (κ3) is 4.34. The summed E-state index contributed by atoms with van der Waals surface area (Å²) in [6.07, 6.45) is 0.985. The normalized spacial score (nSPS) is 10.6. The molecule has 2 N–H and O–H groups in total. The maximum absolute atomic E-state index is 11.8. The molecule has 2 rings (SSSR count). The first-order chi connectivity index (χ1) is 10.1. The molecule has 0 amide bonds. The van der Waals surface area contributed by atoms with Gasteiger partial charge in [0.25, 0.3) is 0 Å². The molecule has 0 aliphatic heterocycles. The van der Waals surface area contributed by atoms with Gasteiger partial charge in [-0.3, -0.25) is 9.48 Å². The predicted octanol–water partition coefficient (Wildman–Crippen LogP) is 2.47. The minimum Gasteiger partial charge on any atom is -0.459 e. The van der Waals surface area contributed by atoms with Gasteiger partial charge in [-0.05, 0) is 44.0 Å². The molecule has 0 aliphatic carbocycles. The first-order valence-electron chi connectivity index (χ1n) is 7.12. The SMILES string of the molecule is CCn1nc(C)cc1COC(=O)CCc1cccc(N)c1. The highest BCUT2D eigenvalue weighted by atomic mass is 16.5. The Bertz CT molecular complexity index is 620. The smallest absolute Gasteiger partial charge is 0.306 e. The van der Waals surface area contributed by atoms with Crippen LogP contribution < -0.4 is 5.73 Å². The number of nitrogen functional groups attached to an aromatic ring is 1. The second-order valence-corrected chi connectivity index (χ2v) is 5.00. The fourth-order valence-corrected chi connectivity index (χ4v) is 2.21. The molecule has 5 heteroatoms. The van der Waals surface area contributed by atoms with E-state index in [9.17, 15) is 4.79 Å². The highest BCUT2D eigenvalue weighted by molar-refractivity contribution is 5.69. The van der Waals surface area contributed by atoms with Crippen LogP contribution in [0.5, 0.6) is 0 Å². The number of carbonyl (C=O) groups excluding carboxylic acids is 1. The number of benzene rings is 1. The van der Waals surface area contributed by atoms with Gasteiger partial charge in [-0.2, -0.15) is 5.10 Å². The standard InChI is InChI=1S/C16H21N3O2/c1-3-19-15(9-12(2)18-19)11-21-16(20)8-7-13-5-4-6-14(17)10-13/h4-6,9-10H,3,7-8,11,17H2,1-2H3. The van der Waals surface area contributed by atoms with Crippen molar-refractivity contribution in [2.45, 2.75) is 39.8 Å². The van der Waals surface area contributed by atoms with Crippen molar-refractivity contribution in [1.29, 1.82) is 0 Å². The van der Waals surface area contributed by atoms with Crippen molar-refractivity contribution in [2.75, 3.05) is 5.73 Å². The van der Waals surface area contributed by atoms with Crippen molar-refractivity contribution in [2.24, 2.45) is 0 Å². The lowest BCUT2D eigenvalue weighted by molar-refractivity contribution is -0.145. The van der Waals surface area contributed by atoms with Crippen LogP contribution in [-0.4, -0.2) is 15.7 Å². The quantitative estimate of drug-likeness (QED) is 0.654. The predicted molar refractivity (Wildman–Crippen MR) is 81.6 cm³/mol. The molecule has 0 spiro atoms.